The smallest absolute Gasteiger partial charge is 0.220 e. The molecule has 4 N–H and O–H groups in total. The predicted octanol–water partition coefficient (Wildman–Crippen LogP) is -0.414. The molecule has 8 nitrogen and oxygen atoms in total. The number of hydrogen-bond donors (Lipinski definition) is 4. The Morgan fingerprint density at radius 3 is 0.833 bits per heavy atom. The van der Waals surface area contributed by atoms with Crippen LogP contribution in [0.25, 0.3) is 0 Å². The first kappa shape index (κ1) is 19.9. The molecule has 0 bridgehead atoms. The molecule has 8 heteroatoms. The lowest BCUT2D eigenvalue weighted by Crippen LogP contribution is -2.31. The Kier molecular flexibility index (Phi) is 10.2. The highest BCUT2D eigenvalue weighted by Gasteiger charge is 2.07. The van der Waals surface area contributed by atoms with Crippen molar-refractivity contribution in [2.24, 2.45) is 0 Å². The molecule has 1 fully saturated rings. The fraction of sp³-hybridized carbons (Fsp3) is 0.750. The quantitative estimate of drug-likeness (QED) is 0.479. The highest BCUT2D eigenvalue weighted by atomic mass is 16.2. The Morgan fingerprint density at radius 1 is 0.417 bits per heavy atom. The summed E-state index contributed by atoms with van der Waals surface area (Å²) in [5.41, 5.74) is 0. The van der Waals surface area contributed by atoms with Crippen LogP contribution in [0.5, 0.6) is 0 Å². The SMILES string of the molecule is O=C1CCCNC(=O)CCCNC(=O)CCCNC(=O)CCCN1. The van der Waals surface area contributed by atoms with E-state index in [1.54, 1.807) is 0 Å². The largest absolute Gasteiger partial charge is 0.356 e. The van der Waals surface area contributed by atoms with Gasteiger partial charge in [0.2, 0.25) is 23.6 Å². The van der Waals surface area contributed by atoms with Gasteiger partial charge in [-0.25, -0.2) is 0 Å². The van der Waals surface area contributed by atoms with Gasteiger partial charge in [-0.1, -0.05) is 0 Å². The predicted molar refractivity (Wildman–Crippen MR) is 89.0 cm³/mol. The number of hydrogen-bond acceptors (Lipinski definition) is 4. The van der Waals surface area contributed by atoms with Crippen LogP contribution in [0.3, 0.4) is 0 Å². The lowest BCUT2D eigenvalue weighted by atomic mass is 10.2. The number of nitrogens with one attached hydrogen (secondary N) is 4. The Bertz CT molecular complexity index is 328. The molecule has 4 amide bonds. The fourth-order valence-corrected chi connectivity index (χ4v) is 2.26. The van der Waals surface area contributed by atoms with E-state index in [4.69, 9.17) is 0 Å². The van der Waals surface area contributed by atoms with Gasteiger partial charge < -0.3 is 21.3 Å². The summed E-state index contributed by atoms with van der Waals surface area (Å²) < 4.78 is 0. The number of amides is 4. The first-order chi connectivity index (χ1) is 11.6. The lowest BCUT2D eigenvalue weighted by molar-refractivity contribution is -0.124. The van der Waals surface area contributed by atoms with Crippen LogP contribution in [0.15, 0.2) is 0 Å². The van der Waals surface area contributed by atoms with E-state index in [0.717, 1.165) is 0 Å². The van der Waals surface area contributed by atoms with Gasteiger partial charge in [-0.3, -0.25) is 19.2 Å². The van der Waals surface area contributed by atoms with Gasteiger partial charge in [0.05, 0.1) is 0 Å². The zero-order valence-corrected chi connectivity index (χ0v) is 14.1. The molecule has 1 aliphatic heterocycles. The van der Waals surface area contributed by atoms with Crippen LogP contribution in [-0.4, -0.2) is 49.8 Å². The molecular weight excluding hydrogens is 312 g/mol. The number of carbonyl (C=O) groups is 4. The molecule has 1 saturated heterocycles. The first-order valence-electron chi connectivity index (χ1n) is 8.64. The fourth-order valence-electron chi connectivity index (χ4n) is 2.26. The van der Waals surface area contributed by atoms with Crippen LogP contribution in [0.1, 0.15) is 51.4 Å². The molecule has 136 valence electrons. The van der Waals surface area contributed by atoms with Gasteiger partial charge in [0, 0.05) is 51.9 Å². The van der Waals surface area contributed by atoms with Crippen LogP contribution < -0.4 is 21.3 Å². The van der Waals surface area contributed by atoms with Crippen LogP contribution in [0.4, 0.5) is 0 Å². The molecular formula is C16H28N4O4. The van der Waals surface area contributed by atoms with Crippen LogP contribution in [0, 0.1) is 0 Å². The van der Waals surface area contributed by atoms with Crippen molar-refractivity contribution in [1.29, 1.82) is 0 Å². The van der Waals surface area contributed by atoms with E-state index in [9.17, 15) is 19.2 Å². The summed E-state index contributed by atoms with van der Waals surface area (Å²) >= 11 is 0. The van der Waals surface area contributed by atoms with Crippen LogP contribution in [-0.2, 0) is 19.2 Å². The average Bonchev–Trinajstić information content (AvgIpc) is 2.55. The maximum Gasteiger partial charge on any atom is 0.220 e. The van der Waals surface area contributed by atoms with E-state index in [1.807, 2.05) is 0 Å². The Balaban J connectivity index is 2.34. The van der Waals surface area contributed by atoms with E-state index in [0.29, 0.717) is 77.5 Å². The molecule has 1 aliphatic rings. The summed E-state index contributed by atoms with van der Waals surface area (Å²) in [6, 6.07) is 0. The molecule has 24 heavy (non-hydrogen) atoms. The van der Waals surface area contributed by atoms with Gasteiger partial charge in [-0.2, -0.15) is 0 Å². The average molecular weight is 340 g/mol. The second-order valence-electron chi connectivity index (χ2n) is 5.81. The molecule has 0 aromatic rings. The lowest BCUT2D eigenvalue weighted by Gasteiger charge is -2.09. The Morgan fingerprint density at radius 2 is 0.625 bits per heavy atom. The van der Waals surface area contributed by atoms with Gasteiger partial charge in [0.15, 0.2) is 0 Å². The van der Waals surface area contributed by atoms with Gasteiger partial charge >= 0.3 is 0 Å². The van der Waals surface area contributed by atoms with Crippen LogP contribution in [0.2, 0.25) is 0 Å². The summed E-state index contributed by atoms with van der Waals surface area (Å²) in [5, 5.41) is 11.0. The zero-order chi connectivity index (χ0) is 17.6. The van der Waals surface area contributed by atoms with Crippen molar-refractivity contribution in [3.63, 3.8) is 0 Å². The molecule has 1 heterocycles. The van der Waals surface area contributed by atoms with E-state index in [2.05, 4.69) is 21.3 Å². The molecule has 1 rings (SSSR count). The topological polar surface area (TPSA) is 116 Å². The standard InChI is InChI=1S/C16H28N4O4/c21-13-5-1-9-17-14(22)6-2-11-19-16(24)8-4-12-20-15(23)7-3-10-18-13/h1-12H2,(H,17,22)(H,18,21)(H,19,24)(H,20,23). The second kappa shape index (κ2) is 12.3. The van der Waals surface area contributed by atoms with Crippen molar-refractivity contribution < 1.29 is 19.2 Å². The third-order valence-electron chi connectivity index (χ3n) is 3.61. The van der Waals surface area contributed by atoms with Gasteiger partial charge in [-0.05, 0) is 25.7 Å². The molecule has 0 aliphatic carbocycles. The van der Waals surface area contributed by atoms with Crippen molar-refractivity contribution in [1.82, 2.24) is 21.3 Å². The third-order valence-corrected chi connectivity index (χ3v) is 3.61. The van der Waals surface area contributed by atoms with Crippen molar-refractivity contribution in [3.8, 4) is 0 Å². The van der Waals surface area contributed by atoms with E-state index >= 15 is 0 Å². The van der Waals surface area contributed by atoms with Gasteiger partial charge in [0.25, 0.3) is 0 Å². The summed E-state index contributed by atoms with van der Waals surface area (Å²) in [6.07, 6.45) is 3.71. The van der Waals surface area contributed by atoms with Crippen molar-refractivity contribution in [2.45, 2.75) is 51.4 Å². The van der Waals surface area contributed by atoms with E-state index in [-0.39, 0.29) is 23.6 Å². The summed E-state index contributed by atoms with van der Waals surface area (Å²) in [5.74, 6) is -0.271. The molecule has 0 spiro atoms. The van der Waals surface area contributed by atoms with Crippen molar-refractivity contribution in [2.75, 3.05) is 26.2 Å². The summed E-state index contributed by atoms with van der Waals surface area (Å²) in [4.78, 5) is 46.4. The van der Waals surface area contributed by atoms with E-state index in [1.165, 1.54) is 0 Å². The Labute approximate surface area is 142 Å². The minimum atomic E-state index is -0.0678. The highest BCUT2D eigenvalue weighted by molar-refractivity contribution is 5.78. The monoisotopic (exact) mass is 340 g/mol. The maximum absolute atomic E-state index is 11.6. The zero-order valence-electron chi connectivity index (χ0n) is 14.1. The molecule has 0 aromatic heterocycles. The molecule has 0 atom stereocenters. The minimum absolute atomic E-state index is 0.0678. The summed E-state index contributed by atoms with van der Waals surface area (Å²) in [7, 11) is 0. The first-order valence-corrected chi connectivity index (χ1v) is 8.64. The van der Waals surface area contributed by atoms with E-state index < -0.39 is 0 Å². The van der Waals surface area contributed by atoms with Crippen LogP contribution >= 0.6 is 0 Å². The minimum Gasteiger partial charge on any atom is -0.356 e. The summed E-state index contributed by atoms with van der Waals surface area (Å²) in [6.45, 7) is 1.84. The molecule has 0 aromatic carbocycles. The Hall–Kier alpha value is -2.12. The maximum atomic E-state index is 11.6. The highest BCUT2D eigenvalue weighted by Crippen LogP contribution is 1.94. The molecule has 0 unspecified atom stereocenters. The second-order valence-corrected chi connectivity index (χ2v) is 5.81. The third kappa shape index (κ3) is 10.6. The number of carbonyl (C=O) groups excluding carboxylic acids is 4. The van der Waals surface area contributed by atoms with Crippen molar-refractivity contribution >= 4 is 23.6 Å². The normalized spacial score (nSPS) is 21.0. The van der Waals surface area contributed by atoms with Gasteiger partial charge in [0.1, 0.15) is 0 Å². The molecule has 0 radical (unpaired) electrons. The van der Waals surface area contributed by atoms with Gasteiger partial charge in [-0.15, -0.1) is 0 Å². The van der Waals surface area contributed by atoms with Crippen molar-refractivity contribution in [3.05, 3.63) is 0 Å². The number of rotatable bonds is 0. The molecule has 0 saturated carbocycles.